The molecular formula is C7H12ClO3S. The third kappa shape index (κ3) is 6.61. The van der Waals surface area contributed by atoms with Crippen molar-refractivity contribution < 1.29 is 13.2 Å². The summed E-state index contributed by atoms with van der Waals surface area (Å²) in [5.74, 6) is 0.295. The Kier molecular flexibility index (Phi) is 6.38. The lowest BCUT2D eigenvalue weighted by Crippen LogP contribution is -2.11. The molecule has 0 fully saturated rings. The van der Waals surface area contributed by atoms with E-state index >= 15 is 0 Å². The van der Waals surface area contributed by atoms with Crippen LogP contribution in [-0.2, 0) is 14.6 Å². The first-order valence-electron chi connectivity index (χ1n) is 3.74. The van der Waals surface area contributed by atoms with Crippen LogP contribution in [0.3, 0.4) is 0 Å². The molecule has 0 aromatic rings. The largest absolute Gasteiger partial charge is 0.291 e. The number of halogens is 1. The molecule has 0 aliphatic heterocycles. The van der Waals surface area contributed by atoms with Crippen LogP contribution in [-0.4, -0.2) is 32.1 Å². The molecule has 0 aromatic heterocycles. The zero-order valence-corrected chi connectivity index (χ0v) is 8.33. The van der Waals surface area contributed by atoms with Crippen molar-refractivity contribution in [3.05, 3.63) is 0 Å². The van der Waals surface area contributed by atoms with Crippen molar-refractivity contribution in [3.63, 3.8) is 0 Å². The molecule has 0 saturated heterocycles. The van der Waals surface area contributed by atoms with Gasteiger partial charge in [-0.15, -0.1) is 11.6 Å². The Morgan fingerprint density at radius 3 is 2.33 bits per heavy atom. The Balaban J connectivity index is 3.54. The Morgan fingerprint density at radius 2 is 1.83 bits per heavy atom. The normalized spacial score (nSPS) is 11.4. The Labute approximate surface area is 78.0 Å². The van der Waals surface area contributed by atoms with Gasteiger partial charge < -0.3 is 0 Å². The molecule has 0 aliphatic rings. The van der Waals surface area contributed by atoms with Crippen molar-refractivity contribution in [2.45, 2.75) is 19.3 Å². The summed E-state index contributed by atoms with van der Waals surface area (Å²) >= 11 is 5.28. The van der Waals surface area contributed by atoms with Crippen LogP contribution in [0, 0.1) is 0 Å². The van der Waals surface area contributed by atoms with E-state index in [1.807, 2.05) is 0 Å². The van der Waals surface area contributed by atoms with Crippen LogP contribution >= 0.6 is 11.6 Å². The summed E-state index contributed by atoms with van der Waals surface area (Å²) in [5.41, 5.74) is 0. The third-order valence-corrected chi connectivity index (χ3v) is 3.52. The first-order chi connectivity index (χ1) is 5.62. The quantitative estimate of drug-likeness (QED) is 0.465. The van der Waals surface area contributed by atoms with Gasteiger partial charge in [0.05, 0.1) is 11.5 Å². The molecule has 0 saturated carbocycles. The van der Waals surface area contributed by atoms with Crippen LogP contribution in [0.5, 0.6) is 0 Å². The predicted octanol–water partition coefficient (Wildman–Crippen LogP) is 0.920. The van der Waals surface area contributed by atoms with Gasteiger partial charge in [0.1, 0.15) is 0 Å². The standard InChI is InChI=1S/C7H12ClO3S/c8-4-7-12(10,11)6-3-1-2-5-9/h1-4,6-7H2. The highest BCUT2D eigenvalue weighted by Gasteiger charge is 2.08. The molecule has 0 aromatic carbocycles. The van der Waals surface area contributed by atoms with Crippen LogP contribution in [0.4, 0.5) is 0 Å². The lowest BCUT2D eigenvalue weighted by atomic mass is 10.3. The summed E-state index contributed by atoms with van der Waals surface area (Å²) in [5, 5.41) is 0. The lowest BCUT2D eigenvalue weighted by Gasteiger charge is -1.99. The Hall–Kier alpha value is -0.0900. The number of alkyl halides is 1. The molecule has 3 nitrogen and oxygen atoms in total. The number of hydrogen-bond donors (Lipinski definition) is 0. The highest BCUT2D eigenvalue weighted by Crippen LogP contribution is 1.99. The van der Waals surface area contributed by atoms with Gasteiger partial charge in [-0.3, -0.25) is 4.79 Å². The second-order valence-electron chi connectivity index (χ2n) is 2.44. The van der Waals surface area contributed by atoms with E-state index in [1.165, 1.54) is 0 Å². The second-order valence-corrected chi connectivity index (χ2v) is 5.12. The molecule has 0 atom stereocenters. The first kappa shape index (κ1) is 11.9. The molecule has 0 N–H and O–H groups in total. The van der Waals surface area contributed by atoms with Crippen LogP contribution < -0.4 is 0 Å². The Bertz CT molecular complexity index is 211. The molecule has 5 heteroatoms. The molecule has 0 heterocycles. The number of carbonyl (C=O) groups excluding carboxylic acids is 1. The molecule has 0 rings (SSSR count). The van der Waals surface area contributed by atoms with E-state index in [4.69, 9.17) is 11.6 Å². The highest BCUT2D eigenvalue weighted by molar-refractivity contribution is 7.91. The fourth-order valence-electron chi connectivity index (χ4n) is 0.739. The first-order valence-corrected chi connectivity index (χ1v) is 6.09. The average Bonchev–Trinajstić information content (AvgIpc) is 1.98. The summed E-state index contributed by atoms with van der Waals surface area (Å²) in [4.78, 5) is 9.76. The van der Waals surface area contributed by atoms with E-state index in [1.54, 1.807) is 6.29 Å². The minimum absolute atomic E-state index is 0.0271. The molecule has 71 valence electrons. The molecule has 0 spiro atoms. The SMILES string of the molecule is O=[C]CCCCS(=O)(=O)CCCl. The molecule has 0 amide bonds. The van der Waals surface area contributed by atoms with E-state index in [2.05, 4.69) is 0 Å². The van der Waals surface area contributed by atoms with E-state index in [0.29, 0.717) is 19.3 Å². The minimum atomic E-state index is -2.97. The minimum Gasteiger partial charge on any atom is -0.291 e. The van der Waals surface area contributed by atoms with Gasteiger partial charge in [0.15, 0.2) is 16.1 Å². The highest BCUT2D eigenvalue weighted by atomic mass is 35.5. The lowest BCUT2D eigenvalue weighted by molar-refractivity contribution is 0.547. The van der Waals surface area contributed by atoms with E-state index < -0.39 is 9.84 Å². The summed E-state index contributed by atoms with van der Waals surface area (Å²) in [7, 11) is -2.97. The third-order valence-electron chi connectivity index (χ3n) is 1.37. The Morgan fingerprint density at radius 1 is 1.17 bits per heavy atom. The summed E-state index contributed by atoms with van der Waals surface area (Å²) in [6.45, 7) is 0. The van der Waals surface area contributed by atoms with Gasteiger partial charge in [0.25, 0.3) is 0 Å². The van der Waals surface area contributed by atoms with Crippen molar-refractivity contribution in [2.24, 2.45) is 0 Å². The van der Waals surface area contributed by atoms with Crippen molar-refractivity contribution in [1.29, 1.82) is 0 Å². The topological polar surface area (TPSA) is 51.2 Å². The maximum atomic E-state index is 11.0. The van der Waals surface area contributed by atoms with Gasteiger partial charge in [-0.25, -0.2) is 8.42 Å². The molecule has 12 heavy (non-hydrogen) atoms. The summed E-state index contributed by atoms with van der Waals surface area (Å²) < 4.78 is 22.0. The van der Waals surface area contributed by atoms with Crippen LogP contribution in [0.25, 0.3) is 0 Å². The van der Waals surface area contributed by atoms with Gasteiger partial charge in [-0.05, 0) is 12.8 Å². The van der Waals surface area contributed by atoms with Crippen LogP contribution in [0.1, 0.15) is 19.3 Å². The molecule has 0 unspecified atom stereocenters. The predicted molar refractivity (Wildman–Crippen MR) is 48.9 cm³/mol. The van der Waals surface area contributed by atoms with Crippen molar-refractivity contribution in [1.82, 2.24) is 0 Å². The number of hydrogen-bond acceptors (Lipinski definition) is 3. The van der Waals surface area contributed by atoms with E-state index in [0.717, 1.165) is 0 Å². The van der Waals surface area contributed by atoms with Crippen LogP contribution in [0.2, 0.25) is 0 Å². The zero-order valence-electron chi connectivity index (χ0n) is 6.75. The van der Waals surface area contributed by atoms with Gasteiger partial charge in [0, 0.05) is 12.3 Å². The summed E-state index contributed by atoms with van der Waals surface area (Å²) in [6, 6.07) is 0. The van der Waals surface area contributed by atoms with Crippen molar-refractivity contribution >= 4 is 27.7 Å². The number of sulfone groups is 1. The molecular weight excluding hydrogens is 200 g/mol. The van der Waals surface area contributed by atoms with E-state index in [-0.39, 0.29) is 17.4 Å². The average molecular weight is 212 g/mol. The second kappa shape index (κ2) is 6.43. The fourth-order valence-corrected chi connectivity index (χ4v) is 2.53. The van der Waals surface area contributed by atoms with Gasteiger partial charge in [0.2, 0.25) is 0 Å². The van der Waals surface area contributed by atoms with E-state index in [9.17, 15) is 13.2 Å². The molecule has 0 bridgehead atoms. The van der Waals surface area contributed by atoms with Crippen molar-refractivity contribution in [3.8, 4) is 0 Å². The van der Waals surface area contributed by atoms with Gasteiger partial charge >= 0.3 is 0 Å². The van der Waals surface area contributed by atoms with Crippen molar-refractivity contribution in [2.75, 3.05) is 17.4 Å². The molecule has 0 aliphatic carbocycles. The maximum Gasteiger partial charge on any atom is 0.198 e. The fraction of sp³-hybridized carbons (Fsp3) is 0.857. The van der Waals surface area contributed by atoms with Crippen LogP contribution in [0.15, 0.2) is 0 Å². The zero-order chi connectivity index (χ0) is 9.45. The maximum absolute atomic E-state index is 11.0. The number of rotatable bonds is 7. The van der Waals surface area contributed by atoms with Gasteiger partial charge in [-0.2, -0.15) is 0 Å². The smallest absolute Gasteiger partial charge is 0.198 e. The number of unbranched alkanes of at least 4 members (excludes halogenated alkanes) is 2. The monoisotopic (exact) mass is 211 g/mol. The molecule has 1 radical (unpaired) electrons. The van der Waals surface area contributed by atoms with Gasteiger partial charge in [-0.1, -0.05) is 0 Å². The summed E-state index contributed by atoms with van der Waals surface area (Å²) in [6.07, 6.45) is 3.14.